The largest absolute Gasteiger partial charge is 0.453 e. The summed E-state index contributed by atoms with van der Waals surface area (Å²) >= 11 is 0. The van der Waals surface area contributed by atoms with Crippen molar-refractivity contribution in [3.8, 4) is 0 Å². The van der Waals surface area contributed by atoms with Crippen LogP contribution in [0.15, 0.2) is 40.8 Å². The molecule has 1 aliphatic heterocycles. The summed E-state index contributed by atoms with van der Waals surface area (Å²) in [6, 6.07) is 11.8. The number of carbonyl (C=O) groups is 1. The van der Waals surface area contributed by atoms with E-state index in [0.29, 0.717) is 24.7 Å². The Morgan fingerprint density at radius 3 is 2.56 bits per heavy atom. The standard InChI is InChI=1S/C22H30N2O3/c1-16-10-17(2)13-24(12-16)14-19-7-5-4-6-18(19)11-23-22(25)21-9-8-20(27-21)15-26-3/h4-9,16-17H,10-15H2,1-3H3,(H,23,25). The third-order valence-corrected chi connectivity index (χ3v) is 5.07. The summed E-state index contributed by atoms with van der Waals surface area (Å²) in [5.41, 5.74) is 2.43. The van der Waals surface area contributed by atoms with Crippen LogP contribution >= 0.6 is 0 Å². The van der Waals surface area contributed by atoms with E-state index in [1.54, 1.807) is 19.2 Å². The van der Waals surface area contributed by atoms with Crippen LogP contribution in [0.3, 0.4) is 0 Å². The fourth-order valence-electron chi connectivity index (χ4n) is 4.03. The fraction of sp³-hybridized carbons (Fsp3) is 0.500. The number of piperidine rings is 1. The number of benzene rings is 1. The Balaban J connectivity index is 1.61. The van der Waals surface area contributed by atoms with E-state index < -0.39 is 0 Å². The zero-order valence-corrected chi connectivity index (χ0v) is 16.5. The number of rotatable bonds is 7. The first-order valence-corrected chi connectivity index (χ1v) is 9.70. The molecule has 5 heteroatoms. The Hall–Kier alpha value is -2.11. The minimum absolute atomic E-state index is 0.202. The predicted octanol–water partition coefficient (Wildman–Crippen LogP) is 3.83. The van der Waals surface area contributed by atoms with E-state index in [9.17, 15) is 4.79 Å². The van der Waals surface area contributed by atoms with Gasteiger partial charge in [0.15, 0.2) is 5.76 Å². The monoisotopic (exact) mass is 370 g/mol. The lowest BCUT2D eigenvalue weighted by Crippen LogP contribution is -2.38. The molecular formula is C22H30N2O3. The highest BCUT2D eigenvalue weighted by molar-refractivity contribution is 5.91. The van der Waals surface area contributed by atoms with Crippen molar-refractivity contribution in [1.29, 1.82) is 0 Å². The van der Waals surface area contributed by atoms with E-state index in [4.69, 9.17) is 9.15 Å². The molecule has 2 unspecified atom stereocenters. The van der Waals surface area contributed by atoms with Gasteiger partial charge in [-0.2, -0.15) is 0 Å². The SMILES string of the molecule is COCc1ccc(C(=O)NCc2ccccc2CN2CC(C)CC(C)C2)o1. The maximum Gasteiger partial charge on any atom is 0.287 e. The fourth-order valence-corrected chi connectivity index (χ4v) is 4.03. The zero-order chi connectivity index (χ0) is 19.2. The summed E-state index contributed by atoms with van der Waals surface area (Å²) in [6.45, 7) is 8.72. The Kier molecular flexibility index (Phi) is 6.69. The minimum Gasteiger partial charge on any atom is -0.453 e. The molecule has 0 saturated carbocycles. The molecule has 0 radical (unpaired) electrons. The van der Waals surface area contributed by atoms with Crippen molar-refractivity contribution in [3.63, 3.8) is 0 Å². The highest BCUT2D eigenvalue weighted by atomic mass is 16.5. The minimum atomic E-state index is -0.202. The molecule has 1 saturated heterocycles. The molecule has 1 amide bonds. The first-order chi connectivity index (χ1) is 13.0. The summed E-state index contributed by atoms with van der Waals surface area (Å²) < 4.78 is 10.5. The number of likely N-dealkylation sites (tertiary alicyclic amines) is 1. The van der Waals surface area contributed by atoms with Gasteiger partial charge < -0.3 is 14.5 Å². The van der Waals surface area contributed by atoms with E-state index in [1.807, 2.05) is 6.07 Å². The number of amides is 1. The van der Waals surface area contributed by atoms with Gasteiger partial charge in [0.05, 0.1) is 0 Å². The first-order valence-electron chi connectivity index (χ1n) is 9.70. The molecular weight excluding hydrogens is 340 g/mol. The number of hydrogen-bond donors (Lipinski definition) is 1. The van der Waals surface area contributed by atoms with Gasteiger partial charge in [0, 0.05) is 33.3 Å². The van der Waals surface area contributed by atoms with E-state index in [0.717, 1.165) is 37.0 Å². The third kappa shape index (κ3) is 5.44. The molecule has 1 N–H and O–H groups in total. The number of carbonyl (C=O) groups excluding carboxylic acids is 1. The summed E-state index contributed by atoms with van der Waals surface area (Å²) in [6.07, 6.45) is 1.31. The Morgan fingerprint density at radius 2 is 1.85 bits per heavy atom. The number of nitrogens with one attached hydrogen (secondary N) is 1. The van der Waals surface area contributed by atoms with Crippen molar-refractivity contribution in [3.05, 3.63) is 59.0 Å². The van der Waals surface area contributed by atoms with Gasteiger partial charge in [-0.15, -0.1) is 0 Å². The van der Waals surface area contributed by atoms with E-state index in [2.05, 4.69) is 42.3 Å². The van der Waals surface area contributed by atoms with Crippen LogP contribution in [0.4, 0.5) is 0 Å². The van der Waals surface area contributed by atoms with Crippen LogP contribution in [-0.4, -0.2) is 31.0 Å². The molecule has 5 nitrogen and oxygen atoms in total. The molecule has 2 heterocycles. The number of methoxy groups -OCH3 is 1. The zero-order valence-electron chi connectivity index (χ0n) is 16.5. The average Bonchev–Trinajstić information content (AvgIpc) is 3.09. The molecule has 0 bridgehead atoms. The summed E-state index contributed by atoms with van der Waals surface area (Å²) in [4.78, 5) is 14.9. The van der Waals surface area contributed by atoms with E-state index >= 15 is 0 Å². The summed E-state index contributed by atoms with van der Waals surface area (Å²) in [7, 11) is 1.60. The molecule has 1 aromatic carbocycles. The second-order valence-electron chi connectivity index (χ2n) is 7.79. The molecule has 0 spiro atoms. The van der Waals surface area contributed by atoms with Crippen LogP contribution in [0, 0.1) is 11.8 Å². The first kappa shape index (κ1) is 19.6. The molecule has 1 aliphatic rings. The van der Waals surface area contributed by atoms with Gasteiger partial charge in [-0.25, -0.2) is 0 Å². The van der Waals surface area contributed by atoms with Crippen LogP contribution in [-0.2, 0) is 24.4 Å². The van der Waals surface area contributed by atoms with E-state index in [1.165, 1.54) is 12.0 Å². The molecule has 146 valence electrons. The summed E-state index contributed by atoms with van der Waals surface area (Å²) in [5, 5.41) is 2.97. The van der Waals surface area contributed by atoms with Crippen LogP contribution in [0.1, 0.15) is 47.7 Å². The number of hydrogen-bond acceptors (Lipinski definition) is 4. The highest BCUT2D eigenvalue weighted by Crippen LogP contribution is 2.23. The molecule has 2 aromatic rings. The number of ether oxygens (including phenoxy) is 1. The Labute approximate surface area is 161 Å². The quantitative estimate of drug-likeness (QED) is 0.805. The van der Waals surface area contributed by atoms with Gasteiger partial charge in [-0.05, 0) is 41.5 Å². The molecule has 0 aliphatic carbocycles. The average molecular weight is 370 g/mol. The van der Waals surface area contributed by atoms with Gasteiger partial charge >= 0.3 is 0 Å². The third-order valence-electron chi connectivity index (χ3n) is 5.07. The van der Waals surface area contributed by atoms with Crippen LogP contribution in [0.2, 0.25) is 0 Å². The van der Waals surface area contributed by atoms with Crippen molar-refractivity contribution in [2.24, 2.45) is 11.8 Å². The Morgan fingerprint density at radius 1 is 1.15 bits per heavy atom. The number of nitrogens with zero attached hydrogens (tertiary/aromatic N) is 1. The van der Waals surface area contributed by atoms with Gasteiger partial charge in [0.1, 0.15) is 12.4 Å². The van der Waals surface area contributed by atoms with Gasteiger partial charge in [0.2, 0.25) is 0 Å². The van der Waals surface area contributed by atoms with Crippen LogP contribution in [0.25, 0.3) is 0 Å². The predicted molar refractivity (Wildman–Crippen MR) is 105 cm³/mol. The van der Waals surface area contributed by atoms with Crippen LogP contribution < -0.4 is 5.32 Å². The molecule has 3 rings (SSSR count). The van der Waals surface area contributed by atoms with Crippen molar-refractivity contribution in [2.75, 3.05) is 20.2 Å². The van der Waals surface area contributed by atoms with Gasteiger partial charge in [0.25, 0.3) is 5.91 Å². The lowest BCUT2D eigenvalue weighted by atomic mass is 9.91. The smallest absolute Gasteiger partial charge is 0.287 e. The molecule has 27 heavy (non-hydrogen) atoms. The topological polar surface area (TPSA) is 54.7 Å². The summed E-state index contributed by atoms with van der Waals surface area (Å²) in [5.74, 6) is 2.24. The maximum absolute atomic E-state index is 12.4. The van der Waals surface area contributed by atoms with Crippen LogP contribution in [0.5, 0.6) is 0 Å². The second kappa shape index (κ2) is 9.20. The highest BCUT2D eigenvalue weighted by Gasteiger charge is 2.22. The maximum atomic E-state index is 12.4. The van der Waals surface area contributed by atoms with Crippen molar-refractivity contribution in [1.82, 2.24) is 10.2 Å². The molecule has 1 aromatic heterocycles. The Bertz CT molecular complexity index is 746. The normalized spacial score (nSPS) is 20.6. The van der Waals surface area contributed by atoms with E-state index in [-0.39, 0.29) is 5.91 Å². The van der Waals surface area contributed by atoms with Gasteiger partial charge in [-0.1, -0.05) is 38.1 Å². The van der Waals surface area contributed by atoms with Crippen molar-refractivity contribution >= 4 is 5.91 Å². The number of furan rings is 1. The van der Waals surface area contributed by atoms with Gasteiger partial charge in [-0.3, -0.25) is 9.69 Å². The lowest BCUT2D eigenvalue weighted by Gasteiger charge is -2.35. The van der Waals surface area contributed by atoms with Crippen molar-refractivity contribution in [2.45, 2.75) is 40.0 Å². The van der Waals surface area contributed by atoms with Crippen molar-refractivity contribution < 1.29 is 13.9 Å². The second-order valence-corrected chi connectivity index (χ2v) is 7.79. The lowest BCUT2D eigenvalue weighted by molar-refractivity contribution is 0.0914. The molecule has 2 atom stereocenters. The molecule has 1 fully saturated rings.